The number of hydrogen-bond acceptors (Lipinski definition) is 9. The first-order chi connectivity index (χ1) is 16.7. The molecule has 0 fully saturated rings. The van der Waals surface area contributed by atoms with Crippen LogP contribution in [0.4, 0.5) is 22.7 Å². The molecule has 0 unspecified atom stereocenters. The van der Waals surface area contributed by atoms with E-state index in [-0.39, 0.29) is 27.7 Å². The van der Waals surface area contributed by atoms with Gasteiger partial charge in [0.15, 0.2) is 0 Å². The second kappa shape index (κ2) is 10.9. The maximum atomic E-state index is 12.8. The SMILES string of the molecule is COc1ccccc1NS(=O)(=O)c1ccc(N/N=C/C=C/c2ccccc2[N+](=O)[O-])c([N+](=O)[O-])c1. The number of ether oxygens (including phenoxy) is 1. The van der Waals surface area contributed by atoms with E-state index in [9.17, 15) is 28.6 Å². The van der Waals surface area contributed by atoms with Gasteiger partial charge in [0.1, 0.15) is 11.4 Å². The van der Waals surface area contributed by atoms with Gasteiger partial charge >= 0.3 is 0 Å². The highest BCUT2D eigenvalue weighted by atomic mass is 32.2. The number of para-hydroxylation sites is 3. The molecule has 180 valence electrons. The van der Waals surface area contributed by atoms with Crippen molar-refractivity contribution in [2.75, 3.05) is 17.3 Å². The summed E-state index contributed by atoms with van der Waals surface area (Å²) in [6, 6.07) is 15.7. The summed E-state index contributed by atoms with van der Waals surface area (Å²) in [5.74, 6) is 0.284. The molecule has 0 radical (unpaired) electrons. The van der Waals surface area contributed by atoms with Crippen LogP contribution in [0, 0.1) is 20.2 Å². The van der Waals surface area contributed by atoms with Crippen molar-refractivity contribution in [1.82, 2.24) is 0 Å². The van der Waals surface area contributed by atoms with Crippen LogP contribution in [-0.4, -0.2) is 31.6 Å². The molecule has 0 atom stereocenters. The Morgan fingerprint density at radius 2 is 1.60 bits per heavy atom. The van der Waals surface area contributed by atoms with Crippen molar-refractivity contribution in [1.29, 1.82) is 0 Å². The summed E-state index contributed by atoms with van der Waals surface area (Å²) in [7, 11) is -2.77. The topological polar surface area (TPSA) is 166 Å². The molecule has 13 heteroatoms. The second-order valence-electron chi connectivity index (χ2n) is 6.81. The zero-order valence-corrected chi connectivity index (χ0v) is 19.0. The molecule has 0 aliphatic rings. The number of nitro benzene ring substituents is 2. The Hall–Kier alpha value is -4.78. The lowest BCUT2D eigenvalue weighted by Crippen LogP contribution is -2.14. The molecule has 0 saturated carbocycles. The Kier molecular flexibility index (Phi) is 7.74. The summed E-state index contributed by atoms with van der Waals surface area (Å²) < 4.78 is 33.0. The molecule has 2 N–H and O–H groups in total. The largest absolute Gasteiger partial charge is 0.495 e. The van der Waals surface area contributed by atoms with E-state index in [4.69, 9.17) is 4.74 Å². The van der Waals surface area contributed by atoms with Gasteiger partial charge in [-0.05, 0) is 42.5 Å². The average molecular weight is 497 g/mol. The number of anilines is 2. The molecule has 0 aromatic heterocycles. The van der Waals surface area contributed by atoms with Crippen LogP contribution in [0.15, 0.2) is 82.8 Å². The Morgan fingerprint density at radius 1 is 0.914 bits per heavy atom. The lowest BCUT2D eigenvalue weighted by molar-refractivity contribution is -0.385. The highest BCUT2D eigenvalue weighted by molar-refractivity contribution is 7.92. The minimum atomic E-state index is -4.16. The lowest BCUT2D eigenvalue weighted by Gasteiger charge is -2.12. The molecule has 12 nitrogen and oxygen atoms in total. The predicted octanol–water partition coefficient (Wildman–Crippen LogP) is 4.42. The quantitative estimate of drug-likeness (QED) is 0.236. The van der Waals surface area contributed by atoms with Gasteiger partial charge in [-0.25, -0.2) is 8.42 Å². The van der Waals surface area contributed by atoms with Gasteiger partial charge in [0.05, 0.1) is 33.1 Å². The first-order valence-corrected chi connectivity index (χ1v) is 11.3. The number of rotatable bonds is 10. The Bertz CT molecular complexity index is 1420. The molecule has 0 aliphatic heterocycles. The van der Waals surface area contributed by atoms with Gasteiger partial charge in [0, 0.05) is 18.3 Å². The zero-order chi connectivity index (χ0) is 25.4. The number of nitro groups is 2. The van der Waals surface area contributed by atoms with E-state index < -0.39 is 25.6 Å². The standard InChI is InChI=1S/C22H19N5O7S/c1-34-22-11-5-3-9-19(22)25-35(32,33)17-12-13-18(21(15-17)27(30)31)24-23-14-6-8-16-7-2-4-10-20(16)26(28)29/h2-15,24-25H,1H3/b8-6+,23-14+. The number of methoxy groups -OCH3 is 1. The Balaban J connectivity index is 1.79. The fourth-order valence-electron chi connectivity index (χ4n) is 2.95. The van der Waals surface area contributed by atoms with Crippen LogP contribution in [-0.2, 0) is 10.0 Å². The highest BCUT2D eigenvalue weighted by Gasteiger charge is 2.22. The van der Waals surface area contributed by atoms with Gasteiger partial charge in [0.2, 0.25) is 0 Å². The van der Waals surface area contributed by atoms with E-state index in [1.807, 2.05) is 0 Å². The maximum Gasteiger partial charge on any atom is 0.295 e. The smallest absolute Gasteiger partial charge is 0.295 e. The monoisotopic (exact) mass is 497 g/mol. The van der Waals surface area contributed by atoms with Crippen molar-refractivity contribution in [2.45, 2.75) is 4.90 Å². The van der Waals surface area contributed by atoms with E-state index in [2.05, 4.69) is 15.2 Å². The molecule has 3 rings (SSSR count). The molecule has 35 heavy (non-hydrogen) atoms. The van der Waals surface area contributed by atoms with Crippen LogP contribution in [0.25, 0.3) is 6.08 Å². The third-order valence-corrected chi connectivity index (χ3v) is 5.95. The van der Waals surface area contributed by atoms with Crippen molar-refractivity contribution in [3.63, 3.8) is 0 Å². The van der Waals surface area contributed by atoms with E-state index in [1.165, 1.54) is 49.7 Å². The predicted molar refractivity (Wildman–Crippen MR) is 131 cm³/mol. The summed E-state index contributed by atoms with van der Waals surface area (Å²) >= 11 is 0. The zero-order valence-electron chi connectivity index (χ0n) is 18.2. The molecule has 3 aromatic carbocycles. The van der Waals surface area contributed by atoms with Gasteiger partial charge in [-0.3, -0.25) is 30.4 Å². The van der Waals surface area contributed by atoms with Crippen LogP contribution in [0.5, 0.6) is 5.75 Å². The van der Waals surface area contributed by atoms with Crippen LogP contribution in [0.1, 0.15) is 5.56 Å². The van der Waals surface area contributed by atoms with E-state index in [1.54, 1.807) is 36.4 Å². The highest BCUT2D eigenvalue weighted by Crippen LogP contribution is 2.30. The van der Waals surface area contributed by atoms with Gasteiger partial charge in [-0.2, -0.15) is 5.10 Å². The van der Waals surface area contributed by atoms with Crippen molar-refractivity contribution in [2.24, 2.45) is 5.10 Å². The molecule has 0 saturated heterocycles. The molecule has 3 aromatic rings. The second-order valence-corrected chi connectivity index (χ2v) is 8.49. The van der Waals surface area contributed by atoms with Crippen LogP contribution >= 0.6 is 0 Å². The maximum absolute atomic E-state index is 12.8. The van der Waals surface area contributed by atoms with Gasteiger partial charge in [-0.15, -0.1) is 0 Å². The fraction of sp³-hybridized carbons (Fsp3) is 0.0455. The first kappa shape index (κ1) is 24.9. The van der Waals surface area contributed by atoms with Gasteiger partial charge in [-0.1, -0.05) is 24.3 Å². The van der Waals surface area contributed by atoms with Crippen LogP contribution in [0.3, 0.4) is 0 Å². The number of nitrogens with zero attached hydrogens (tertiary/aromatic N) is 3. The fourth-order valence-corrected chi connectivity index (χ4v) is 4.04. The van der Waals surface area contributed by atoms with Crippen molar-refractivity contribution in [3.05, 3.63) is 98.6 Å². The Labute approximate surface area is 199 Å². The normalized spacial score (nSPS) is 11.5. The number of allylic oxidation sites excluding steroid dienone is 1. The third-order valence-electron chi connectivity index (χ3n) is 4.58. The minimum Gasteiger partial charge on any atom is -0.495 e. The molecule has 0 aliphatic carbocycles. The molecular weight excluding hydrogens is 478 g/mol. The summed E-state index contributed by atoms with van der Waals surface area (Å²) in [6.45, 7) is 0. The van der Waals surface area contributed by atoms with Gasteiger partial charge < -0.3 is 4.74 Å². The van der Waals surface area contributed by atoms with Gasteiger partial charge in [0.25, 0.3) is 21.4 Å². The van der Waals surface area contributed by atoms with Crippen molar-refractivity contribution in [3.8, 4) is 5.75 Å². The van der Waals surface area contributed by atoms with Crippen molar-refractivity contribution >= 4 is 45.1 Å². The number of benzene rings is 3. The number of hydrogen-bond donors (Lipinski definition) is 2. The minimum absolute atomic E-state index is 0.0541. The molecule has 0 spiro atoms. The molecule has 0 bridgehead atoms. The first-order valence-electron chi connectivity index (χ1n) is 9.86. The summed E-state index contributed by atoms with van der Waals surface area (Å²) in [4.78, 5) is 21.0. The molecule has 0 amide bonds. The van der Waals surface area contributed by atoms with E-state index >= 15 is 0 Å². The van der Waals surface area contributed by atoms with Crippen LogP contribution in [0.2, 0.25) is 0 Å². The molecule has 0 heterocycles. The summed E-state index contributed by atoms with van der Waals surface area (Å²) in [5.41, 5.74) is 2.34. The summed E-state index contributed by atoms with van der Waals surface area (Å²) in [5, 5.41) is 26.4. The van der Waals surface area contributed by atoms with E-state index in [0.29, 0.717) is 5.56 Å². The average Bonchev–Trinajstić information content (AvgIpc) is 2.84. The van der Waals surface area contributed by atoms with Crippen molar-refractivity contribution < 1.29 is 23.0 Å². The van der Waals surface area contributed by atoms with Crippen LogP contribution < -0.4 is 14.9 Å². The van der Waals surface area contributed by atoms with E-state index in [0.717, 1.165) is 6.07 Å². The summed E-state index contributed by atoms with van der Waals surface area (Å²) in [6.07, 6.45) is 4.11. The molecular formula is C22H19N5O7S. The number of sulfonamides is 1. The third kappa shape index (κ3) is 6.17. The Morgan fingerprint density at radius 3 is 2.31 bits per heavy atom. The number of hydrazone groups is 1. The lowest BCUT2D eigenvalue weighted by atomic mass is 10.2. The number of nitrogens with one attached hydrogen (secondary N) is 2.